The molecule has 1 heterocycles. The van der Waals surface area contributed by atoms with Gasteiger partial charge in [0.05, 0.1) is 24.7 Å². The number of ether oxygens (including phenoxy) is 2. The Kier molecular flexibility index (Phi) is 5.44. The summed E-state index contributed by atoms with van der Waals surface area (Å²) < 4.78 is 10.00. The van der Waals surface area contributed by atoms with E-state index in [1.54, 1.807) is 7.11 Å². The molecule has 142 valence electrons. The van der Waals surface area contributed by atoms with Gasteiger partial charge in [-0.3, -0.25) is 10.1 Å². The van der Waals surface area contributed by atoms with Gasteiger partial charge in [0, 0.05) is 44.0 Å². The Morgan fingerprint density at radius 1 is 1.04 bits per heavy atom. The van der Waals surface area contributed by atoms with Crippen LogP contribution in [0.5, 0.6) is 5.75 Å². The first-order valence-electron chi connectivity index (χ1n) is 8.54. The van der Waals surface area contributed by atoms with Gasteiger partial charge in [0.1, 0.15) is 11.4 Å². The van der Waals surface area contributed by atoms with Gasteiger partial charge in [-0.1, -0.05) is 6.07 Å². The number of anilines is 2. The Bertz CT molecular complexity index is 847. The van der Waals surface area contributed by atoms with Crippen LogP contribution < -0.4 is 14.5 Å². The van der Waals surface area contributed by atoms with Crippen LogP contribution in [0.1, 0.15) is 10.4 Å². The van der Waals surface area contributed by atoms with Gasteiger partial charge >= 0.3 is 5.97 Å². The van der Waals surface area contributed by atoms with Crippen molar-refractivity contribution in [3.63, 3.8) is 0 Å². The molecule has 3 rings (SSSR count). The highest BCUT2D eigenvalue weighted by Crippen LogP contribution is 2.31. The van der Waals surface area contributed by atoms with Crippen LogP contribution in [0.25, 0.3) is 0 Å². The lowest BCUT2D eigenvalue weighted by atomic mass is 10.1. The van der Waals surface area contributed by atoms with Crippen LogP contribution in [-0.4, -0.2) is 51.3 Å². The molecule has 0 aliphatic carbocycles. The molecule has 1 aliphatic rings. The summed E-state index contributed by atoms with van der Waals surface area (Å²) in [5.41, 5.74) is 1.77. The minimum Gasteiger partial charge on any atom is -0.497 e. The smallest absolute Gasteiger partial charge is 0.337 e. The van der Waals surface area contributed by atoms with Gasteiger partial charge in [0.2, 0.25) is 0 Å². The van der Waals surface area contributed by atoms with E-state index in [2.05, 4.69) is 4.90 Å². The van der Waals surface area contributed by atoms with Crippen molar-refractivity contribution >= 4 is 23.0 Å². The van der Waals surface area contributed by atoms with Crippen LogP contribution >= 0.6 is 0 Å². The molecular formula is C19H21N3O5. The fourth-order valence-electron chi connectivity index (χ4n) is 3.19. The number of carbonyl (C=O) groups excluding carboxylic acids is 1. The van der Waals surface area contributed by atoms with Crippen LogP contribution in [0.15, 0.2) is 42.5 Å². The maximum atomic E-state index is 11.8. The summed E-state index contributed by atoms with van der Waals surface area (Å²) in [6, 6.07) is 12.1. The summed E-state index contributed by atoms with van der Waals surface area (Å²) in [6.07, 6.45) is 0. The highest BCUT2D eigenvalue weighted by Gasteiger charge is 2.25. The number of rotatable bonds is 5. The Balaban J connectivity index is 1.80. The number of esters is 1. The van der Waals surface area contributed by atoms with Gasteiger partial charge in [-0.15, -0.1) is 0 Å². The topological polar surface area (TPSA) is 85.1 Å². The van der Waals surface area contributed by atoms with Crippen molar-refractivity contribution in [1.29, 1.82) is 0 Å². The first kappa shape index (κ1) is 18.5. The minimum atomic E-state index is -0.513. The zero-order valence-electron chi connectivity index (χ0n) is 15.3. The van der Waals surface area contributed by atoms with Gasteiger partial charge in [-0.2, -0.15) is 0 Å². The molecule has 2 aromatic rings. The molecule has 0 bridgehead atoms. The molecule has 1 fully saturated rings. The summed E-state index contributed by atoms with van der Waals surface area (Å²) >= 11 is 0. The second-order valence-corrected chi connectivity index (χ2v) is 6.13. The Hall–Kier alpha value is -3.29. The molecule has 27 heavy (non-hydrogen) atoms. The number of carbonyl (C=O) groups is 1. The predicted molar refractivity (Wildman–Crippen MR) is 102 cm³/mol. The van der Waals surface area contributed by atoms with Gasteiger partial charge in [0.25, 0.3) is 5.69 Å². The van der Waals surface area contributed by atoms with Crippen LogP contribution in [0.2, 0.25) is 0 Å². The fourth-order valence-corrected chi connectivity index (χ4v) is 3.19. The summed E-state index contributed by atoms with van der Waals surface area (Å²) in [4.78, 5) is 26.9. The van der Waals surface area contributed by atoms with E-state index in [-0.39, 0.29) is 5.69 Å². The van der Waals surface area contributed by atoms with E-state index in [1.165, 1.54) is 25.3 Å². The highest BCUT2D eigenvalue weighted by atomic mass is 16.6. The molecule has 1 saturated heterocycles. The molecule has 0 amide bonds. The Labute approximate surface area is 157 Å². The van der Waals surface area contributed by atoms with Crippen molar-refractivity contribution in [2.75, 3.05) is 50.2 Å². The van der Waals surface area contributed by atoms with E-state index in [0.717, 1.165) is 11.4 Å². The first-order chi connectivity index (χ1) is 13.0. The van der Waals surface area contributed by atoms with Crippen molar-refractivity contribution < 1.29 is 19.2 Å². The summed E-state index contributed by atoms with van der Waals surface area (Å²) in [6.45, 7) is 2.60. The molecule has 8 nitrogen and oxygen atoms in total. The fraction of sp³-hybridized carbons (Fsp3) is 0.316. The second-order valence-electron chi connectivity index (χ2n) is 6.13. The summed E-state index contributed by atoms with van der Waals surface area (Å²) in [5.74, 6) is 0.275. The molecule has 0 spiro atoms. The third-order valence-electron chi connectivity index (χ3n) is 4.63. The van der Waals surface area contributed by atoms with E-state index in [9.17, 15) is 14.9 Å². The molecule has 0 atom stereocenters. The minimum absolute atomic E-state index is 0.0162. The number of hydrogen-bond donors (Lipinski definition) is 0. The number of nitro groups is 1. The third kappa shape index (κ3) is 3.94. The molecule has 0 unspecified atom stereocenters. The lowest BCUT2D eigenvalue weighted by Gasteiger charge is -2.37. The van der Waals surface area contributed by atoms with Crippen LogP contribution in [0.3, 0.4) is 0 Å². The highest BCUT2D eigenvalue weighted by molar-refractivity contribution is 5.91. The van der Waals surface area contributed by atoms with Crippen molar-refractivity contribution in [3.8, 4) is 5.75 Å². The normalized spacial score (nSPS) is 14.0. The number of piperazine rings is 1. The number of methoxy groups -OCH3 is 2. The van der Waals surface area contributed by atoms with E-state index < -0.39 is 10.9 Å². The van der Waals surface area contributed by atoms with Gasteiger partial charge in [-0.05, 0) is 24.3 Å². The van der Waals surface area contributed by atoms with E-state index in [4.69, 9.17) is 9.47 Å². The second kappa shape index (κ2) is 7.94. The molecule has 8 heteroatoms. The maximum absolute atomic E-state index is 11.8. The average Bonchev–Trinajstić information content (AvgIpc) is 2.72. The van der Waals surface area contributed by atoms with Gasteiger partial charge in [0.15, 0.2) is 0 Å². The van der Waals surface area contributed by atoms with Crippen molar-refractivity contribution in [2.24, 2.45) is 0 Å². The molecule has 2 aromatic carbocycles. The van der Waals surface area contributed by atoms with E-state index >= 15 is 0 Å². The first-order valence-corrected chi connectivity index (χ1v) is 8.54. The van der Waals surface area contributed by atoms with Crippen LogP contribution in [0.4, 0.5) is 17.1 Å². The van der Waals surface area contributed by atoms with Crippen LogP contribution in [0, 0.1) is 10.1 Å². The van der Waals surface area contributed by atoms with Gasteiger partial charge < -0.3 is 19.3 Å². The maximum Gasteiger partial charge on any atom is 0.337 e. The standard InChI is InChI=1S/C19H21N3O5/c1-26-16-5-3-4-15(13-16)20-8-10-21(11-9-20)18-12-14(19(23)27-2)6-7-17(18)22(24)25/h3-7,12-13H,8-11H2,1-2H3. The number of nitrogens with zero attached hydrogens (tertiary/aromatic N) is 3. The van der Waals surface area contributed by atoms with Gasteiger partial charge in [-0.25, -0.2) is 4.79 Å². The van der Waals surface area contributed by atoms with Crippen LogP contribution in [-0.2, 0) is 4.74 Å². The molecule has 1 aliphatic heterocycles. The molecular weight excluding hydrogens is 350 g/mol. The van der Waals surface area contributed by atoms with Crippen molar-refractivity contribution in [3.05, 3.63) is 58.1 Å². The largest absolute Gasteiger partial charge is 0.497 e. The number of nitro benzene ring substituents is 1. The third-order valence-corrected chi connectivity index (χ3v) is 4.63. The zero-order valence-corrected chi connectivity index (χ0v) is 15.3. The lowest BCUT2D eigenvalue weighted by Crippen LogP contribution is -2.46. The lowest BCUT2D eigenvalue weighted by molar-refractivity contribution is -0.384. The predicted octanol–water partition coefficient (Wildman–Crippen LogP) is 2.72. The molecule has 0 saturated carbocycles. The number of benzene rings is 2. The van der Waals surface area contributed by atoms with Crippen molar-refractivity contribution in [2.45, 2.75) is 0 Å². The Morgan fingerprint density at radius 2 is 1.74 bits per heavy atom. The molecule has 0 N–H and O–H groups in total. The SMILES string of the molecule is COC(=O)c1ccc([N+](=O)[O-])c(N2CCN(c3cccc(OC)c3)CC2)c1. The van der Waals surface area contributed by atoms with Crippen molar-refractivity contribution in [1.82, 2.24) is 0 Å². The number of hydrogen-bond acceptors (Lipinski definition) is 7. The zero-order chi connectivity index (χ0) is 19.4. The molecule has 0 radical (unpaired) electrons. The van der Waals surface area contributed by atoms with E-state index in [1.807, 2.05) is 29.2 Å². The average molecular weight is 371 g/mol. The Morgan fingerprint density at radius 3 is 2.37 bits per heavy atom. The van der Waals surface area contributed by atoms with E-state index in [0.29, 0.717) is 37.4 Å². The monoisotopic (exact) mass is 371 g/mol. The quantitative estimate of drug-likeness (QED) is 0.454. The summed E-state index contributed by atoms with van der Waals surface area (Å²) in [5, 5.41) is 11.4. The summed E-state index contributed by atoms with van der Waals surface area (Å²) in [7, 11) is 2.92. The molecule has 0 aromatic heterocycles.